The monoisotopic (exact) mass is 551 g/mol. The summed E-state index contributed by atoms with van der Waals surface area (Å²) in [6, 6.07) is 17.6. The van der Waals surface area contributed by atoms with Gasteiger partial charge in [-0.3, -0.25) is 19.2 Å². The molecular weight excluding hydrogens is 522 g/mol. The molecule has 1 aliphatic heterocycles. The molecule has 1 N–H and O–H groups in total. The minimum absolute atomic E-state index is 0.0491. The fourth-order valence-electron chi connectivity index (χ4n) is 4.30. The van der Waals surface area contributed by atoms with Crippen molar-refractivity contribution < 1.29 is 22.9 Å². The van der Waals surface area contributed by atoms with E-state index in [1.165, 1.54) is 30.5 Å². The van der Waals surface area contributed by atoms with Gasteiger partial charge in [0.2, 0.25) is 0 Å². The quantitative estimate of drug-likeness (QED) is 0.245. The zero-order valence-corrected chi connectivity index (χ0v) is 22.4. The number of aryl methyl sites for hydroxylation is 2. The van der Waals surface area contributed by atoms with Crippen LogP contribution >= 0.6 is 0 Å². The molecule has 4 rings (SSSR count). The highest BCUT2D eigenvalue weighted by molar-refractivity contribution is 7.92. The molecule has 1 amide bonds. The van der Waals surface area contributed by atoms with E-state index < -0.39 is 27.4 Å². The Morgan fingerprint density at radius 3 is 2.49 bits per heavy atom. The highest BCUT2D eigenvalue weighted by atomic mass is 32.2. The van der Waals surface area contributed by atoms with Crippen LogP contribution in [0.5, 0.6) is 0 Å². The van der Waals surface area contributed by atoms with Gasteiger partial charge >= 0.3 is 0 Å². The highest BCUT2D eigenvalue weighted by Gasteiger charge is 2.28. The molecule has 1 fully saturated rings. The number of nitrogens with one attached hydrogen (secondary N) is 1. The number of rotatable bonds is 9. The number of carbonyl (C=O) groups excluding carboxylic acids is 1. The van der Waals surface area contributed by atoms with Crippen molar-refractivity contribution in [3.8, 4) is 0 Å². The van der Waals surface area contributed by atoms with E-state index in [9.17, 15) is 23.3 Å². The molecule has 1 aliphatic rings. The van der Waals surface area contributed by atoms with Gasteiger partial charge in [-0.05, 0) is 43.7 Å². The van der Waals surface area contributed by atoms with Gasteiger partial charge in [0.1, 0.15) is 6.54 Å². The van der Waals surface area contributed by atoms with Crippen LogP contribution in [0, 0.1) is 24.0 Å². The second-order valence-corrected chi connectivity index (χ2v) is 10.9. The first kappa shape index (κ1) is 27.7. The van der Waals surface area contributed by atoms with Gasteiger partial charge in [-0.2, -0.15) is 5.10 Å². The summed E-state index contributed by atoms with van der Waals surface area (Å²) < 4.78 is 33.5. The Kier molecular flexibility index (Phi) is 8.57. The summed E-state index contributed by atoms with van der Waals surface area (Å²) in [5.74, 6) is -0.677. The number of benzene rings is 3. The molecule has 0 spiro atoms. The third-order valence-electron chi connectivity index (χ3n) is 6.21. The van der Waals surface area contributed by atoms with Crippen molar-refractivity contribution >= 4 is 39.2 Å². The number of nitro benzene ring substituents is 1. The Bertz CT molecular complexity index is 1490. The molecule has 1 heterocycles. The third kappa shape index (κ3) is 6.59. The number of hydrazone groups is 1. The summed E-state index contributed by atoms with van der Waals surface area (Å²) in [6.45, 7) is 5.40. The van der Waals surface area contributed by atoms with Crippen LogP contribution in [0.4, 0.5) is 17.1 Å². The van der Waals surface area contributed by atoms with Crippen molar-refractivity contribution in [3.63, 3.8) is 0 Å². The first-order valence-electron chi connectivity index (χ1n) is 12.2. The Labute approximate surface area is 226 Å². The standard InChI is InChI=1S/C27H29N5O6S/c1-20-8-10-25(21(2)16-20)31(39(36,37)24-6-4-3-5-7-24)19-27(33)29-28-18-22-17-23(32(34)35)9-11-26(22)30-12-14-38-15-13-30/h3-11,16-18H,12-15,19H2,1-2H3,(H,29,33). The van der Waals surface area contributed by atoms with E-state index in [2.05, 4.69) is 10.5 Å². The van der Waals surface area contributed by atoms with E-state index in [-0.39, 0.29) is 10.6 Å². The average Bonchev–Trinajstić information content (AvgIpc) is 2.93. The molecule has 0 aromatic heterocycles. The summed E-state index contributed by atoms with van der Waals surface area (Å²) >= 11 is 0. The number of hydrogen-bond acceptors (Lipinski definition) is 8. The van der Waals surface area contributed by atoms with Gasteiger partial charge in [-0.25, -0.2) is 13.8 Å². The van der Waals surface area contributed by atoms with E-state index in [0.29, 0.717) is 48.8 Å². The van der Waals surface area contributed by atoms with Gasteiger partial charge in [0, 0.05) is 36.5 Å². The van der Waals surface area contributed by atoms with Crippen molar-refractivity contribution in [1.82, 2.24) is 5.43 Å². The topological polar surface area (TPSA) is 134 Å². The first-order chi connectivity index (χ1) is 18.7. The molecule has 11 nitrogen and oxygen atoms in total. The maximum atomic E-state index is 13.5. The molecule has 39 heavy (non-hydrogen) atoms. The maximum Gasteiger partial charge on any atom is 0.270 e. The van der Waals surface area contributed by atoms with Crippen LogP contribution in [0.25, 0.3) is 0 Å². The predicted molar refractivity (Wildman–Crippen MR) is 149 cm³/mol. The predicted octanol–water partition coefficient (Wildman–Crippen LogP) is 3.39. The normalized spacial score (nSPS) is 13.8. The van der Waals surface area contributed by atoms with Gasteiger partial charge in [0.15, 0.2) is 0 Å². The van der Waals surface area contributed by atoms with Crippen LogP contribution in [-0.2, 0) is 19.6 Å². The maximum absolute atomic E-state index is 13.5. The molecule has 0 bridgehead atoms. The van der Waals surface area contributed by atoms with E-state index in [1.807, 2.05) is 17.9 Å². The number of non-ortho nitro benzene ring substituents is 1. The minimum Gasteiger partial charge on any atom is -0.378 e. The van der Waals surface area contributed by atoms with Crippen LogP contribution in [0.1, 0.15) is 16.7 Å². The molecule has 3 aromatic carbocycles. The van der Waals surface area contributed by atoms with Gasteiger partial charge < -0.3 is 9.64 Å². The molecule has 0 unspecified atom stereocenters. The van der Waals surface area contributed by atoms with E-state index >= 15 is 0 Å². The lowest BCUT2D eigenvalue weighted by Gasteiger charge is -2.29. The van der Waals surface area contributed by atoms with Gasteiger partial charge in [-0.1, -0.05) is 35.9 Å². The molecule has 0 saturated carbocycles. The van der Waals surface area contributed by atoms with Crippen molar-refractivity contribution in [2.75, 3.05) is 42.1 Å². The largest absolute Gasteiger partial charge is 0.378 e. The smallest absolute Gasteiger partial charge is 0.270 e. The van der Waals surface area contributed by atoms with Crippen molar-refractivity contribution in [2.24, 2.45) is 5.10 Å². The van der Waals surface area contributed by atoms with E-state index in [4.69, 9.17) is 4.74 Å². The zero-order valence-electron chi connectivity index (χ0n) is 21.6. The summed E-state index contributed by atoms with van der Waals surface area (Å²) in [4.78, 5) is 25.9. The van der Waals surface area contributed by atoms with Crippen molar-refractivity contribution in [2.45, 2.75) is 18.7 Å². The van der Waals surface area contributed by atoms with Gasteiger partial charge in [0.05, 0.1) is 34.9 Å². The van der Waals surface area contributed by atoms with Crippen LogP contribution in [0.2, 0.25) is 0 Å². The number of morpholine rings is 1. The molecule has 0 aliphatic carbocycles. The fourth-order valence-corrected chi connectivity index (χ4v) is 5.80. The van der Waals surface area contributed by atoms with E-state index in [0.717, 1.165) is 9.87 Å². The molecule has 0 radical (unpaired) electrons. The molecule has 1 saturated heterocycles. The first-order valence-corrected chi connectivity index (χ1v) is 13.7. The number of sulfonamides is 1. The summed E-state index contributed by atoms with van der Waals surface area (Å²) in [5, 5.41) is 15.3. The lowest BCUT2D eigenvalue weighted by atomic mass is 10.1. The number of carbonyl (C=O) groups is 1. The minimum atomic E-state index is -4.07. The molecule has 0 atom stereocenters. The number of amides is 1. The molecule has 3 aromatic rings. The van der Waals surface area contributed by atoms with Crippen LogP contribution in [0.3, 0.4) is 0 Å². The second-order valence-electron chi connectivity index (χ2n) is 9.01. The highest BCUT2D eigenvalue weighted by Crippen LogP contribution is 2.28. The lowest BCUT2D eigenvalue weighted by molar-refractivity contribution is -0.384. The van der Waals surface area contributed by atoms with Crippen LogP contribution in [0.15, 0.2) is 76.7 Å². The molecule has 204 valence electrons. The summed E-state index contributed by atoms with van der Waals surface area (Å²) in [5.41, 5.74) is 5.43. The average molecular weight is 552 g/mol. The Morgan fingerprint density at radius 1 is 1.10 bits per heavy atom. The Hall–Kier alpha value is -4.29. The summed E-state index contributed by atoms with van der Waals surface area (Å²) in [6.07, 6.45) is 1.32. The van der Waals surface area contributed by atoms with Gasteiger partial charge in [0.25, 0.3) is 21.6 Å². The second kappa shape index (κ2) is 12.0. The fraction of sp³-hybridized carbons (Fsp3) is 0.259. The number of anilines is 2. The SMILES string of the molecule is Cc1ccc(N(CC(=O)NN=Cc2cc([N+](=O)[O-])ccc2N2CCOCC2)S(=O)(=O)c2ccccc2)c(C)c1. The molecule has 12 heteroatoms. The summed E-state index contributed by atoms with van der Waals surface area (Å²) in [7, 11) is -4.07. The van der Waals surface area contributed by atoms with Gasteiger partial charge in [-0.15, -0.1) is 0 Å². The number of nitrogens with zero attached hydrogens (tertiary/aromatic N) is 4. The lowest BCUT2D eigenvalue weighted by Crippen LogP contribution is -2.40. The Morgan fingerprint density at radius 2 is 1.82 bits per heavy atom. The number of hydrogen-bond donors (Lipinski definition) is 1. The van der Waals surface area contributed by atoms with Crippen molar-refractivity contribution in [3.05, 3.63) is 93.5 Å². The van der Waals surface area contributed by atoms with Crippen LogP contribution in [-0.4, -0.2) is 58.3 Å². The van der Waals surface area contributed by atoms with Crippen molar-refractivity contribution in [1.29, 1.82) is 0 Å². The third-order valence-corrected chi connectivity index (χ3v) is 7.98. The van der Waals surface area contributed by atoms with E-state index in [1.54, 1.807) is 43.3 Å². The number of nitro groups is 1. The zero-order chi connectivity index (χ0) is 28.0. The Balaban J connectivity index is 1.59. The molecular formula is C27H29N5O6S. The number of ether oxygens (including phenoxy) is 1. The van der Waals surface area contributed by atoms with Crippen LogP contribution < -0.4 is 14.6 Å².